The largest absolute Gasteiger partial charge is 0.388 e. The summed E-state index contributed by atoms with van der Waals surface area (Å²) in [6.07, 6.45) is 4.28. The zero-order valence-electron chi connectivity index (χ0n) is 6.79. The van der Waals surface area contributed by atoms with Crippen molar-refractivity contribution in [2.24, 2.45) is 5.73 Å². The molecule has 66 valence electrons. The van der Waals surface area contributed by atoms with Gasteiger partial charge in [0.25, 0.3) is 0 Å². The van der Waals surface area contributed by atoms with Crippen LogP contribution in [-0.4, -0.2) is 15.6 Å². The molecule has 0 amide bonds. The molecule has 0 fully saturated rings. The van der Waals surface area contributed by atoms with Crippen molar-refractivity contribution in [1.29, 1.82) is 5.41 Å². The SMILES string of the molecule is CC(CC(=N)N)n1cc(I)cn1. The molecule has 1 aromatic rings. The molecule has 1 rings (SSSR count). The monoisotopic (exact) mass is 278 g/mol. The van der Waals surface area contributed by atoms with Crippen LogP contribution < -0.4 is 5.73 Å². The summed E-state index contributed by atoms with van der Waals surface area (Å²) in [5.41, 5.74) is 5.28. The Morgan fingerprint density at radius 3 is 3.00 bits per heavy atom. The van der Waals surface area contributed by atoms with E-state index in [0.717, 1.165) is 3.57 Å². The van der Waals surface area contributed by atoms with Crippen molar-refractivity contribution in [2.45, 2.75) is 19.4 Å². The van der Waals surface area contributed by atoms with Gasteiger partial charge in [-0.2, -0.15) is 5.10 Å². The topological polar surface area (TPSA) is 67.7 Å². The first kappa shape index (κ1) is 9.50. The quantitative estimate of drug-likeness (QED) is 0.498. The number of nitrogens with two attached hydrogens (primary N) is 1. The molecule has 4 nitrogen and oxygen atoms in total. The highest BCUT2D eigenvalue weighted by Crippen LogP contribution is 2.11. The maximum Gasteiger partial charge on any atom is 0.0926 e. The lowest BCUT2D eigenvalue weighted by Crippen LogP contribution is -2.16. The fraction of sp³-hybridized carbons (Fsp3) is 0.429. The standard InChI is InChI=1S/C7H11IN4/c1-5(2-7(9)10)12-4-6(8)3-11-12/h3-5H,2H2,1H3,(H3,9,10). The maximum atomic E-state index is 7.12. The number of hydrogen-bond acceptors (Lipinski definition) is 2. The molecule has 1 unspecified atom stereocenters. The van der Waals surface area contributed by atoms with Crippen LogP contribution in [0, 0.1) is 8.98 Å². The summed E-state index contributed by atoms with van der Waals surface area (Å²) in [6, 6.07) is 0.172. The molecule has 3 N–H and O–H groups in total. The van der Waals surface area contributed by atoms with Gasteiger partial charge in [0, 0.05) is 12.6 Å². The molecule has 0 aliphatic rings. The fourth-order valence-corrected chi connectivity index (χ4v) is 1.38. The number of nitrogens with one attached hydrogen (secondary N) is 1. The van der Waals surface area contributed by atoms with Crippen LogP contribution in [0.5, 0.6) is 0 Å². The Hall–Kier alpha value is -0.590. The van der Waals surface area contributed by atoms with Gasteiger partial charge < -0.3 is 5.73 Å². The van der Waals surface area contributed by atoms with Crippen LogP contribution in [0.25, 0.3) is 0 Å². The van der Waals surface area contributed by atoms with Gasteiger partial charge in [0.05, 0.1) is 21.6 Å². The predicted octanol–water partition coefficient (Wildman–Crippen LogP) is 1.37. The molecular weight excluding hydrogens is 267 g/mol. The van der Waals surface area contributed by atoms with Crippen molar-refractivity contribution in [3.8, 4) is 0 Å². The zero-order valence-corrected chi connectivity index (χ0v) is 8.95. The van der Waals surface area contributed by atoms with E-state index in [-0.39, 0.29) is 11.9 Å². The molecule has 5 heteroatoms. The molecule has 0 radical (unpaired) electrons. The summed E-state index contributed by atoms with van der Waals surface area (Å²) >= 11 is 2.20. The van der Waals surface area contributed by atoms with Crippen molar-refractivity contribution in [1.82, 2.24) is 9.78 Å². The average Bonchev–Trinajstić information content (AvgIpc) is 2.34. The number of amidine groups is 1. The van der Waals surface area contributed by atoms with Crippen molar-refractivity contribution in [3.05, 3.63) is 16.0 Å². The molecule has 0 bridgehead atoms. The van der Waals surface area contributed by atoms with Crippen molar-refractivity contribution in [3.63, 3.8) is 0 Å². The van der Waals surface area contributed by atoms with E-state index in [0.29, 0.717) is 6.42 Å². The van der Waals surface area contributed by atoms with E-state index in [1.165, 1.54) is 0 Å². The first-order valence-corrected chi connectivity index (χ1v) is 4.70. The van der Waals surface area contributed by atoms with E-state index in [9.17, 15) is 0 Å². The Morgan fingerprint density at radius 1 is 1.92 bits per heavy atom. The summed E-state index contributed by atoms with van der Waals surface area (Å²) in [5.74, 6) is 0.202. The van der Waals surface area contributed by atoms with Crippen molar-refractivity contribution >= 4 is 28.4 Å². The number of aromatic nitrogens is 2. The Bertz CT molecular complexity index is 281. The van der Waals surface area contributed by atoms with Gasteiger partial charge in [-0.15, -0.1) is 0 Å². The number of halogens is 1. The molecular formula is C7H11IN4. The molecule has 0 aliphatic heterocycles. The molecule has 1 aromatic heterocycles. The molecule has 0 saturated heterocycles. The Balaban J connectivity index is 2.64. The van der Waals surface area contributed by atoms with E-state index in [4.69, 9.17) is 11.1 Å². The second-order valence-electron chi connectivity index (χ2n) is 2.72. The van der Waals surface area contributed by atoms with Crippen LogP contribution >= 0.6 is 22.6 Å². The highest BCUT2D eigenvalue weighted by Gasteiger charge is 2.06. The van der Waals surface area contributed by atoms with E-state index in [2.05, 4.69) is 27.7 Å². The molecule has 1 heterocycles. The van der Waals surface area contributed by atoms with Gasteiger partial charge in [0.2, 0.25) is 0 Å². The summed E-state index contributed by atoms with van der Waals surface area (Å²) in [7, 11) is 0. The highest BCUT2D eigenvalue weighted by molar-refractivity contribution is 14.1. The first-order valence-electron chi connectivity index (χ1n) is 3.62. The maximum absolute atomic E-state index is 7.12. The van der Waals surface area contributed by atoms with Gasteiger partial charge in [-0.05, 0) is 29.5 Å². The third-order valence-corrected chi connectivity index (χ3v) is 2.09. The minimum atomic E-state index is 0.172. The molecule has 0 saturated carbocycles. The number of nitrogens with zero attached hydrogens (tertiary/aromatic N) is 2. The van der Waals surface area contributed by atoms with Crippen molar-refractivity contribution < 1.29 is 0 Å². The minimum absolute atomic E-state index is 0.172. The molecule has 12 heavy (non-hydrogen) atoms. The predicted molar refractivity (Wildman–Crippen MR) is 56.2 cm³/mol. The zero-order chi connectivity index (χ0) is 9.14. The third-order valence-electron chi connectivity index (χ3n) is 1.54. The second kappa shape index (κ2) is 3.88. The van der Waals surface area contributed by atoms with Gasteiger partial charge in [-0.1, -0.05) is 0 Å². The second-order valence-corrected chi connectivity index (χ2v) is 3.96. The van der Waals surface area contributed by atoms with Crippen LogP contribution in [0.2, 0.25) is 0 Å². The Labute approximate surface area is 84.8 Å². The molecule has 0 aliphatic carbocycles. The van der Waals surface area contributed by atoms with E-state index in [1.807, 2.05) is 17.8 Å². The molecule has 0 spiro atoms. The Kier molecular flexibility index (Phi) is 3.07. The minimum Gasteiger partial charge on any atom is -0.388 e. The smallest absolute Gasteiger partial charge is 0.0926 e. The third kappa shape index (κ3) is 2.47. The summed E-state index contributed by atoms with van der Waals surface area (Å²) < 4.78 is 2.92. The van der Waals surface area contributed by atoms with Gasteiger partial charge in [-0.25, -0.2) is 0 Å². The van der Waals surface area contributed by atoms with Gasteiger partial charge in [0.1, 0.15) is 0 Å². The highest BCUT2D eigenvalue weighted by atomic mass is 127. The number of rotatable bonds is 3. The fourth-order valence-electron chi connectivity index (χ4n) is 0.968. The van der Waals surface area contributed by atoms with E-state index in [1.54, 1.807) is 6.20 Å². The first-order chi connectivity index (χ1) is 5.59. The lowest BCUT2D eigenvalue weighted by atomic mass is 10.2. The number of hydrogen-bond donors (Lipinski definition) is 2. The Morgan fingerprint density at radius 2 is 2.58 bits per heavy atom. The lowest BCUT2D eigenvalue weighted by Gasteiger charge is -2.09. The summed E-state index contributed by atoms with van der Waals surface area (Å²) in [6.45, 7) is 1.99. The van der Waals surface area contributed by atoms with Crippen LogP contribution in [0.4, 0.5) is 0 Å². The average molecular weight is 278 g/mol. The van der Waals surface area contributed by atoms with Gasteiger partial charge in [0.15, 0.2) is 0 Å². The summed E-state index contributed by atoms with van der Waals surface area (Å²) in [4.78, 5) is 0. The summed E-state index contributed by atoms with van der Waals surface area (Å²) in [5, 5.41) is 11.2. The van der Waals surface area contributed by atoms with Crippen LogP contribution in [0.15, 0.2) is 12.4 Å². The molecule has 0 aromatic carbocycles. The molecule has 1 atom stereocenters. The van der Waals surface area contributed by atoms with E-state index >= 15 is 0 Å². The van der Waals surface area contributed by atoms with E-state index < -0.39 is 0 Å². The normalized spacial score (nSPS) is 12.8. The van der Waals surface area contributed by atoms with Crippen LogP contribution in [0.3, 0.4) is 0 Å². The van der Waals surface area contributed by atoms with Crippen molar-refractivity contribution in [2.75, 3.05) is 0 Å². The van der Waals surface area contributed by atoms with Gasteiger partial charge in [-0.3, -0.25) is 10.1 Å². The van der Waals surface area contributed by atoms with Crippen LogP contribution in [-0.2, 0) is 0 Å². The van der Waals surface area contributed by atoms with Crippen LogP contribution in [0.1, 0.15) is 19.4 Å². The van der Waals surface area contributed by atoms with Gasteiger partial charge >= 0.3 is 0 Å². The lowest BCUT2D eigenvalue weighted by molar-refractivity contribution is 0.504.